The topological polar surface area (TPSA) is 128 Å². The second kappa shape index (κ2) is 12.0. The van der Waals surface area contributed by atoms with Crippen molar-refractivity contribution in [2.24, 2.45) is 0 Å². The Labute approximate surface area is 232 Å². The summed E-state index contributed by atoms with van der Waals surface area (Å²) in [5.41, 5.74) is 0.800. The van der Waals surface area contributed by atoms with Gasteiger partial charge in [0.15, 0.2) is 11.4 Å². The molecule has 4 aromatic carbocycles. The second-order valence-corrected chi connectivity index (χ2v) is 9.55. The normalized spacial score (nSPS) is 12.0. The van der Waals surface area contributed by atoms with E-state index in [2.05, 4.69) is 22.0 Å². The minimum absolute atomic E-state index is 0.0478. The molecule has 8 heteroatoms. The van der Waals surface area contributed by atoms with Crippen LogP contribution in [0.2, 0.25) is 0 Å². The molecule has 0 aliphatic heterocycles. The van der Waals surface area contributed by atoms with E-state index in [9.17, 15) is 19.2 Å². The molecule has 0 radical (unpaired) electrons. The fourth-order valence-corrected chi connectivity index (χ4v) is 4.25. The molecule has 200 valence electrons. The Morgan fingerprint density at radius 3 is 2.17 bits per heavy atom. The number of ketones is 1. The molecule has 0 bridgehead atoms. The summed E-state index contributed by atoms with van der Waals surface area (Å²) in [7, 11) is 0. The maximum absolute atomic E-state index is 13.5. The van der Waals surface area contributed by atoms with Gasteiger partial charge in [0.25, 0.3) is 11.8 Å². The van der Waals surface area contributed by atoms with Gasteiger partial charge in [0.2, 0.25) is 5.91 Å². The lowest BCUT2D eigenvalue weighted by Crippen LogP contribution is -2.65. The molecule has 40 heavy (non-hydrogen) atoms. The van der Waals surface area contributed by atoms with Crippen LogP contribution in [-0.4, -0.2) is 29.2 Å². The Kier molecular flexibility index (Phi) is 8.36. The maximum atomic E-state index is 13.5. The van der Waals surface area contributed by atoms with Gasteiger partial charge in [-0.05, 0) is 79.1 Å². The van der Waals surface area contributed by atoms with Crippen LogP contribution in [0.1, 0.15) is 52.1 Å². The second-order valence-electron chi connectivity index (χ2n) is 9.55. The van der Waals surface area contributed by atoms with Crippen molar-refractivity contribution >= 4 is 40.0 Å². The van der Waals surface area contributed by atoms with Crippen molar-refractivity contribution in [3.8, 4) is 6.07 Å². The molecule has 0 aromatic heterocycles. The van der Waals surface area contributed by atoms with Crippen molar-refractivity contribution in [3.05, 3.63) is 113 Å². The number of Topliss-reactive ketones (excluding diaryl/α,β-unsaturated/α-hetero) is 1. The molecule has 0 saturated carbocycles. The number of aryl methyl sites for hydroxylation is 1. The van der Waals surface area contributed by atoms with E-state index in [-0.39, 0.29) is 12.2 Å². The quantitative estimate of drug-likeness (QED) is 0.212. The van der Waals surface area contributed by atoms with Gasteiger partial charge in [-0.2, -0.15) is 5.26 Å². The van der Waals surface area contributed by atoms with Gasteiger partial charge in [-0.15, -0.1) is 0 Å². The van der Waals surface area contributed by atoms with E-state index in [0.717, 1.165) is 10.9 Å². The molecule has 4 rings (SSSR count). The largest absolute Gasteiger partial charge is 0.326 e. The molecule has 0 spiro atoms. The number of nitriles is 1. The molecular weight excluding hydrogens is 504 g/mol. The lowest BCUT2D eigenvalue weighted by Gasteiger charge is -2.31. The van der Waals surface area contributed by atoms with Gasteiger partial charge in [-0.25, -0.2) is 0 Å². The predicted molar refractivity (Wildman–Crippen MR) is 153 cm³/mol. The van der Waals surface area contributed by atoms with Gasteiger partial charge in [0, 0.05) is 23.2 Å². The number of hydrogen-bond acceptors (Lipinski definition) is 5. The third-order valence-electron chi connectivity index (χ3n) is 6.51. The molecule has 3 N–H and O–H groups in total. The Morgan fingerprint density at radius 1 is 0.825 bits per heavy atom. The van der Waals surface area contributed by atoms with E-state index in [1.165, 1.54) is 13.8 Å². The fourth-order valence-electron chi connectivity index (χ4n) is 4.25. The number of rotatable bonds is 9. The fraction of sp³-hybridized carbons (Fsp3) is 0.156. The van der Waals surface area contributed by atoms with Crippen LogP contribution in [0.5, 0.6) is 0 Å². The Hall–Kier alpha value is -5.29. The first-order valence-corrected chi connectivity index (χ1v) is 12.7. The summed E-state index contributed by atoms with van der Waals surface area (Å²) in [6.07, 6.45) is 0.422. The van der Waals surface area contributed by atoms with Crippen LogP contribution < -0.4 is 16.0 Å². The number of benzene rings is 4. The molecule has 8 nitrogen and oxygen atoms in total. The molecule has 0 unspecified atom stereocenters. The summed E-state index contributed by atoms with van der Waals surface area (Å²) >= 11 is 0. The minimum atomic E-state index is -1.81. The van der Waals surface area contributed by atoms with Gasteiger partial charge < -0.3 is 16.0 Å². The van der Waals surface area contributed by atoms with Gasteiger partial charge in [0.05, 0.1) is 11.6 Å². The molecule has 0 aliphatic rings. The average Bonchev–Trinajstić information content (AvgIpc) is 2.96. The van der Waals surface area contributed by atoms with Gasteiger partial charge in [-0.1, -0.05) is 48.5 Å². The van der Waals surface area contributed by atoms with Crippen LogP contribution in [0.3, 0.4) is 0 Å². The lowest BCUT2D eigenvalue weighted by molar-refractivity contribution is -0.130. The summed E-state index contributed by atoms with van der Waals surface area (Å²) < 4.78 is 0. The lowest BCUT2D eigenvalue weighted by atomic mass is 10.0. The number of amides is 3. The van der Waals surface area contributed by atoms with E-state index < -0.39 is 23.4 Å². The minimum Gasteiger partial charge on any atom is -0.326 e. The van der Waals surface area contributed by atoms with Crippen molar-refractivity contribution in [2.45, 2.75) is 32.4 Å². The van der Waals surface area contributed by atoms with Crippen LogP contribution in [0.4, 0.5) is 5.69 Å². The summed E-state index contributed by atoms with van der Waals surface area (Å²) in [6.45, 7) is 2.87. The third kappa shape index (κ3) is 6.58. The molecule has 0 aliphatic carbocycles. The number of hydrogen-bond donors (Lipinski definition) is 3. The van der Waals surface area contributed by atoms with E-state index in [4.69, 9.17) is 5.26 Å². The highest BCUT2D eigenvalue weighted by Crippen LogP contribution is 2.20. The highest BCUT2D eigenvalue weighted by molar-refractivity contribution is 6.10. The van der Waals surface area contributed by atoms with Gasteiger partial charge >= 0.3 is 0 Å². The first-order valence-electron chi connectivity index (χ1n) is 12.7. The van der Waals surface area contributed by atoms with Gasteiger partial charge in [0.1, 0.15) is 0 Å². The number of fused-ring (bicyclic) bond motifs is 1. The van der Waals surface area contributed by atoms with Crippen LogP contribution >= 0.6 is 0 Å². The molecule has 0 heterocycles. The highest BCUT2D eigenvalue weighted by Gasteiger charge is 2.37. The summed E-state index contributed by atoms with van der Waals surface area (Å²) in [4.78, 5) is 51.6. The third-order valence-corrected chi connectivity index (χ3v) is 6.51. The number of nitrogens with zero attached hydrogens (tertiary/aromatic N) is 1. The van der Waals surface area contributed by atoms with Crippen LogP contribution in [-0.2, 0) is 16.0 Å². The first kappa shape index (κ1) is 27.7. The standard InChI is InChI=1S/C32H28N4O4/c1-21(37)24-15-17-26(18-16-24)34-31(40)32(2,35-29(38)19-14-22-10-12-23(20-33)13-11-22)36-30(39)28-9-5-7-25-6-3-4-8-27(25)28/h3-13,15-18H,14,19H2,1-2H3,(H,34,40)(H,35,38)(H,36,39)/t32-/m0/s1. The predicted octanol–water partition coefficient (Wildman–Crippen LogP) is 4.75. The molecule has 3 amide bonds. The van der Waals surface area contributed by atoms with Gasteiger partial charge in [-0.3, -0.25) is 19.2 Å². The molecule has 1 atom stereocenters. The zero-order valence-corrected chi connectivity index (χ0v) is 22.2. The molecule has 0 fully saturated rings. The monoisotopic (exact) mass is 532 g/mol. The Balaban J connectivity index is 1.56. The van der Waals surface area contributed by atoms with Crippen LogP contribution in [0, 0.1) is 11.3 Å². The van der Waals surface area contributed by atoms with Crippen molar-refractivity contribution in [3.63, 3.8) is 0 Å². The van der Waals surface area contributed by atoms with E-state index in [1.807, 2.05) is 30.3 Å². The smallest absolute Gasteiger partial charge is 0.270 e. The Bertz CT molecular complexity index is 1620. The highest BCUT2D eigenvalue weighted by atomic mass is 16.2. The first-order chi connectivity index (χ1) is 19.2. The van der Waals surface area contributed by atoms with Crippen LogP contribution in [0.25, 0.3) is 10.8 Å². The number of anilines is 1. The molecular formula is C32H28N4O4. The molecule has 4 aromatic rings. The summed E-state index contributed by atoms with van der Waals surface area (Å²) in [5.74, 6) is -1.76. The van der Waals surface area contributed by atoms with Crippen molar-refractivity contribution < 1.29 is 19.2 Å². The van der Waals surface area contributed by atoms with Crippen molar-refractivity contribution in [2.75, 3.05) is 5.32 Å². The molecule has 0 saturated heterocycles. The number of carbonyl (C=O) groups is 4. The zero-order valence-electron chi connectivity index (χ0n) is 22.2. The van der Waals surface area contributed by atoms with Crippen molar-refractivity contribution in [1.82, 2.24) is 10.6 Å². The SMILES string of the molecule is CC(=O)c1ccc(NC(=O)[C@@](C)(NC(=O)CCc2ccc(C#N)cc2)NC(=O)c2cccc3ccccc23)cc1. The van der Waals surface area contributed by atoms with E-state index in [0.29, 0.717) is 34.2 Å². The summed E-state index contributed by atoms with van der Waals surface area (Å²) in [5, 5.41) is 18.7. The van der Waals surface area contributed by atoms with Crippen molar-refractivity contribution in [1.29, 1.82) is 5.26 Å². The summed E-state index contributed by atoms with van der Waals surface area (Å²) in [6, 6.07) is 27.9. The maximum Gasteiger partial charge on any atom is 0.270 e. The van der Waals surface area contributed by atoms with E-state index in [1.54, 1.807) is 60.7 Å². The average molecular weight is 533 g/mol. The number of carbonyl (C=O) groups excluding carboxylic acids is 4. The zero-order chi connectivity index (χ0) is 28.7. The number of nitrogens with one attached hydrogen (secondary N) is 3. The van der Waals surface area contributed by atoms with Crippen LogP contribution in [0.15, 0.2) is 91.0 Å². The van der Waals surface area contributed by atoms with E-state index >= 15 is 0 Å². The Morgan fingerprint density at radius 2 is 1.50 bits per heavy atom.